The van der Waals surface area contributed by atoms with Gasteiger partial charge in [-0.15, -0.1) is 0 Å². The molecule has 1 saturated heterocycles. The van der Waals surface area contributed by atoms with Gasteiger partial charge in [0.25, 0.3) is 5.88 Å². The van der Waals surface area contributed by atoms with Gasteiger partial charge in [-0.1, -0.05) is 26.0 Å². The molecule has 2 amide bonds. The van der Waals surface area contributed by atoms with Crippen LogP contribution in [0.3, 0.4) is 0 Å². The molecule has 3 rings (SSSR count). The van der Waals surface area contributed by atoms with Gasteiger partial charge in [0.1, 0.15) is 30.8 Å². The summed E-state index contributed by atoms with van der Waals surface area (Å²) in [6.07, 6.45) is -1.95. The molecule has 14 nitrogen and oxygen atoms in total. The number of nitrogens with one attached hydrogen (secondary N) is 1. The second-order valence-corrected chi connectivity index (χ2v) is 18.2. The van der Waals surface area contributed by atoms with Gasteiger partial charge in [-0.25, -0.2) is 13.2 Å². The molecule has 2 heterocycles. The van der Waals surface area contributed by atoms with Crippen molar-refractivity contribution in [1.29, 1.82) is 5.26 Å². The van der Waals surface area contributed by atoms with Crippen LogP contribution in [-0.2, 0) is 32.7 Å². The van der Waals surface area contributed by atoms with Crippen molar-refractivity contribution in [3.8, 4) is 11.9 Å². The topological polar surface area (TPSA) is 187 Å². The van der Waals surface area contributed by atoms with Gasteiger partial charge in [-0.3, -0.25) is 9.59 Å². The number of benzene rings is 1. The number of hydrogen-bond acceptors (Lipinski definition) is 13. The zero-order chi connectivity index (χ0) is 37.4. The Labute approximate surface area is 297 Å². The van der Waals surface area contributed by atoms with Gasteiger partial charge in [0, 0.05) is 25.3 Å². The second-order valence-electron chi connectivity index (χ2n) is 13.2. The van der Waals surface area contributed by atoms with E-state index >= 15 is 0 Å². The molecule has 0 radical (unpaired) electrons. The number of hydrogen-bond donors (Lipinski definition) is 1. The minimum absolute atomic E-state index is 0.0203. The Kier molecular flexibility index (Phi) is 14.1. The van der Waals surface area contributed by atoms with E-state index in [0.29, 0.717) is 23.0 Å². The zero-order valence-corrected chi connectivity index (χ0v) is 31.6. The average Bonchev–Trinajstić information content (AvgIpc) is 3.66. The van der Waals surface area contributed by atoms with Crippen molar-refractivity contribution in [3.63, 3.8) is 0 Å². The summed E-state index contributed by atoms with van der Waals surface area (Å²) in [4.78, 5) is 42.4. The molecule has 1 aromatic carbocycles. The SMILES string of the molecule is CCOC(C)COc1cc([C@H](C(=O)N2C[C@H](OC(=O)OC(C)C(C)(C)SS(C)(=O)=O)C[C@H]2C(=O)N[C@@H](C)c2ccc(C#N)cc2)C(C)C)on1. The van der Waals surface area contributed by atoms with E-state index in [1.54, 1.807) is 58.0 Å². The van der Waals surface area contributed by atoms with Gasteiger partial charge in [-0.2, -0.15) is 5.26 Å². The Morgan fingerprint density at radius 2 is 1.82 bits per heavy atom. The van der Waals surface area contributed by atoms with Crippen LogP contribution in [0.25, 0.3) is 0 Å². The lowest BCUT2D eigenvalue weighted by Gasteiger charge is -2.29. The van der Waals surface area contributed by atoms with Gasteiger partial charge in [-0.05, 0) is 81.1 Å². The van der Waals surface area contributed by atoms with Gasteiger partial charge in [0.05, 0.1) is 35.1 Å². The molecule has 276 valence electrons. The van der Waals surface area contributed by atoms with E-state index in [9.17, 15) is 22.8 Å². The molecule has 1 aliphatic heterocycles. The third kappa shape index (κ3) is 11.4. The number of rotatable bonds is 16. The summed E-state index contributed by atoms with van der Waals surface area (Å²) in [5.41, 5.74) is 1.23. The fraction of sp³-hybridized carbons (Fsp3) is 0.618. The molecule has 0 saturated carbocycles. The predicted molar refractivity (Wildman–Crippen MR) is 186 cm³/mol. The van der Waals surface area contributed by atoms with Crippen LogP contribution in [0.5, 0.6) is 5.88 Å². The summed E-state index contributed by atoms with van der Waals surface area (Å²) in [5, 5.41) is 16.1. The molecule has 2 unspecified atom stereocenters. The van der Waals surface area contributed by atoms with Crippen LogP contribution in [0.2, 0.25) is 0 Å². The third-order valence-corrected chi connectivity index (χ3v) is 11.6. The van der Waals surface area contributed by atoms with Crippen LogP contribution in [0.15, 0.2) is 34.9 Å². The van der Waals surface area contributed by atoms with Gasteiger partial charge >= 0.3 is 6.16 Å². The van der Waals surface area contributed by atoms with E-state index in [1.807, 2.05) is 27.7 Å². The summed E-state index contributed by atoms with van der Waals surface area (Å²) in [6, 6.07) is 8.88. The van der Waals surface area contributed by atoms with Crippen molar-refractivity contribution in [2.24, 2.45) is 5.92 Å². The van der Waals surface area contributed by atoms with Crippen LogP contribution in [-0.4, -0.2) is 91.6 Å². The monoisotopic (exact) mass is 736 g/mol. The summed E-state index contributed by atoms with van der Waals surface area (Å²) < 4.78 is 50.6. The molecule has 1 N–H and O–H groups in total. The Balaban J connectivity index is 1.83. The first-order valence-corrected chi connectivity index (χ1v) is 19.7. The molecule has 0 bridgehead atoms. The lowest BCUT2D eigenvalue weighted by Crippen LogP contribution is -2.48. The van der Waals surface area contributed by atoms with Crippen molar-refractivity contribution in [2.75, 3.05) is 26.0 Å². The first-order valence-electron chi connectivity index (χ1n) is 16.4. The maximum atomic E-state index is 14.3. The number of ether oxygens (including phenoxy) is 4. The zero-order valence-electron chi connectivity index (χ0n) is 30.0. The van der Waals surface area contributed by atoms with Crippen molar-refractivity contribution in [1.82, 2.24) is 15.4 Å². The van der Waals surface area contributed by atoms with Crippen molar-refractivity contribution in [3.05, 3.63) is 47.2 Å². The Morgan fingerprint density at radius 3 is 2.40 bits per heavy atom. The van der Waals surface area contributed by atoms with Crippen LogP contribution < -0.4 is 10.1 Å². The fourth-order valence-corrected chi connectivity index (χ4v) is 9.17. The number of aromatic nitrogens is 1. The maximum absolute atomic E-state index is 14.3. The molecular weight excluding hydrogens is 689 g/mol. The van der Waals surface area contributed by atoms with Crippen molar-refractivity contribution >= 4 is 37.6 Å². The van der Waals surface area contributed by atoms with Crippen molar-refractivity contribution in [2.45, 2.75) is 103 Å². The molecule has 16 heteroatoms. The number of nitriles is 1. The highest BCUT2D eigenvalue weighted by atomic mass is 33.1. The first-order chi connectivity index (χ1) is 23.3. The Hall–Kier alpha value is -3.81. The summed E-state index contributed by atoms with van der Waals surface area (Å²) in [5.74, 6) is -1.61. The van der Waals surface area contributed by atoms with Gasteiger partial charge in [0.15, 0.2) is 14.6 Å². The Morgan fingerprint density at radius 1 is 1.16 bits per heavy atom. The lowest BCUT2D eigenvalue weighted by molar-refractivity contribution is -0.141. The standard InChI is InChI=1S/C34H48N4O10S2/c1-10-44-21(4)19-45-29-16-28(48-37-29)30(20(2)3)32(40)38-18-26(47-33(41)46-23(6)34(7,8)49-50(9,42)43)15-27(38)31(39)36-22(5)25-13-11-24(17-35)12-14-25/h11-14,16,20-23,26-27,30H,10,15,18-19H2,1-9H3,(H,36,39)/t21?,22-,23?,26+,27-,30+/m0/s1. The molecule has 6 atom stereocenters. The smallest absolute Gasteiger partial charge is 0.473 e. The van der Waals surface area contributed by atoms with E-state index < -0.39 is 61.8 Å². The molecule has 1 fully saturated rings. The lowest BCUT2D eigenvalue weighted by atomic mass is 9.91. The molecule has 1 aliphatic rings. The van der Waals surface area contributed by atoms with Crippen LogP contribution in [0, 0.1) is 17.2 Å². The number of nitrogens with zero attached hydrogens (tertiary/aromatic N) is 3. The second kappa shape index (κ2) is 17.4. The highest BCUT2D eigenvalue weighted by Crippen LogP contribution is 2.35. The van der Waals surface area contributed by atoms with E-state index in [0.717, 1.165) is 11.8 Å². The highest BCUT2D eigenvalue weighted by molar-refractivity contribution is 8.72. The summed E-state index contributed by atoms with van der Waals surface area (Å²) >= 11 is 0. The highest BCUT2D eigenvalue weighted by Gasteiger charge is 2.46. The number of carbonyl (C=O) groups is 3. The molecule has 0 aliphatic carbocycles. The number of likely N-dealkylation sites (tertiary alicyclic amines) is 1. The minimum atomic E-state index is -3.44. The fourth-order valence-electron chi connectivity index (χ4n) is 5.46. The maximum Gasteiger partial charge on any atom is 0.508 e. The van der Waals surface area contributed by atoms with E-state index in [4.69, 9.17) is 28.7 Å². The molecular formula is C34H48N4O10S2. The Bertz CT molecular complexity index is 1620. The molecule has 50 heavy (non-hydrogen) atoms. The average molecular weight is 737 g/mol. The van der Waals surface area contributed by atoms with Gasteiger partial charge < -0.3 is 33.7 Å². The largest absolute Gasteiger partial charge is 0.508 e. The quantitative estimate of drug-likeness (QED) is 0.180. The van der Waals surface area contributed by atoms with Crippen molar-refractivity contribution < 1.29 is 46.3 Å². The van der Waals surface area contributed by atoms with Crippen LogP contribution in [0.4, 0.5) is 4.79 Å². The van der Waals surface area contributed by atoms with Crippen LogP contribution >= 0.6 is 10.8 Å². The number of amides is 2. The van der Waals surface area contributed by atoms with E-state index in [2.05, 4.69) is 16.5 Å². The summed E-state index contributed by atoms with van der Waals surface area (Å²) in [7, 11) is -2.78. The molecule has 2 aromatic rings. The van der Waals surface area contributed by atoms with E-state index in [1.165, 1.54) is 4.90 Å². The predicted octanol–water partition coefficient (Wildman–Crippen LogP) is 4.95. The molecule has 0 spiro atoms. The summed E-state index contributed by atoms with van der Waals surface area (Å²) in [6.45, 7) is 14.7. The van der Waals surface area contributed by atoms with E-state index in [-0.39, 0.29) is 43.2 Å². The number of carbonyl (C=O) groups excluding carboxylic acids is 3. The molecule has 1 aromatic heterocycles. The van der Waals surface area contributed by atoms with Gasteiger partial charge in [0.2, 0.25) is 11.8 Å². The third-order valence-electron chi connectivity index (χ3n) is 8.29. The van der Waals surface area contributed by atoms with Crippen LogP contribution in [0.1, 0.15) is 90.7 Å². The minimum Gasteiger partial charge on any atom is -0.473 e. The normalized spacial score (nSPS) is 18.9. The first kappa shape index (κ1) is 40.6.